The summed E-state index contributed by atoms with van der Waals surface area (Å²) in [7, 11) is 0. The summed E-state index contributed by atoms with van der Waals surface area (Å²) in [5, 5.41) is 11.7. The molecule has 0 bridgehead atoms. The summed E-state index contributed by atoms with van der Waals surface area (Å²) in [4.78, 5) is 20.5. The molecule has 1 unspecified atom stereocenters. The van der Waals surface area contributed by atoms with Crippen LogP contribution in [0.3, 0.4) is 0 Å². The number of thiazole rings is 2. The van der Waals surface area contributed by atoms with Crippen molar-refractivity contribution in [3.63, 3.8) is 0 Å². The van der Waals surface area contributed by atoms with Crippen molar-refractivity contribution in [2.45, 2.75) is 33.2 Å². The van der Waals surface area contributed by atoms with Gasteiger partial charge in [-0.1, -0.05) is 6.92 Å². The van der Waals surface area contributed by atoms with Crippen molar-refractivity contribution >= 4 is 33.7 Å². The number of hydrogen-bond donors (Lipinski definition) is 2. The molecule has 0 aliphatic rings. The van der Waals surface area contributed by atoms with E-state index in [2.05, 4.69) is 27.5 Å². The van der Waals surface area contributed by atoms with E-state index in [-0.39, 0.29) is 18.5 Å². The van der Waals surface area contributed by atoms with Crippen molar-refractivity contribution in [2.75, 3.05) is 11.9 Å². The van der Waals surface area contributed by atoms with E-state index in [1.165, 1.54) is 11.3 Å². The molecule has 1 amide bonds. The van der Waals surface area contributed by atoms with Crippen molar-refractivity contribution < 1.29 is 4.79 Å². The summed E-state index contributed by atoms with van der Waals surface area (Å²) >= 11 is 3.09. The zero-order valence-electron chi connectivity index (χ0n) is 11.8. The summed E-state index contributed by atoms with van der Waals surface area (Å²) in [6.07, 6.45) is 0.946. The first kappa shape index (κ1) is 15.1. The minimum atomic E-state index is -0.0860. The molecule has 7 heteroatoms. The van der Waals surface area contributed by atoms with Crippen LogP contribution in [0.1, 0.15) is 36.3 Å². The van der Waals surface area contributed by atoms with E-state index >= 15 is 0 Å². The van der Waals surface area contributed by atoms with E-state index in [1.54, 1.807) is 11.3 Å². The molecule has 0 radical (unpaired) electrons. The first-order valence-corrected chi connectivity index (χ1v) is 8.24. The van der Waals surface area contributed by atoms with E-state index in [1.807, 2.05) is 24.6 Å². The van der Waals surface area contributed by atoms with Gasteiger partial charge in [0.2, 0.25) is 5.91 Å². The number of amides is 1. The summed E-state index contributed by atoms with van der Waals surface area (Å²) in [5.74, 6) is -0.0860. The van der Waals surface area contributed by atoms with Gasteiger partial charge in [0.15, 0.2) is 5.13 Å². The Balaban J connectivity index is 1.80. The molecule has 20 heavy (non-hydrogen) atoms. The number of anilines is 1. The molecule has 0 aliphatic carbocycles. The lowest BCUT2D eigenvalue weighted by Crippen LogP contribution is -2.30. The number of rotatable bonds is 6. The molecule has 2 N–H and O–H groups in total. The van der Waals surface area contributed by atoms with Crippen molar-refractivity contribution in [2.24, 2.45) is 0 Å². The van der Waals surface area contributed by atoms with Crippen LogP contribution < -0.4 is 10.6 Å². The molecular weight excluding hydrogens is 292 g/mol. The molecule has 108 valence electrons. The second kappa shape index (κ2) is 6.92. The van der Waals surface area contributed by atoms with Crippen molar-refractivity contribution in [1.29, 1.82) is 0 Å². The Morgan fingerprint density at radius 2 is 2.15 bits per heavy atom. The highest BCUT2D eigenvalue weighted by Crippen LogP contribution is 2.17. The predicted octanol–water partition coefficient (Wildman–Crippen LogP) is 2.76. The number of carbonyl (C=O) groups is 1. The highest BCUT2D eigenvalue weighted by atomic mass is 32.1. The first-order valence-electron chi connectivity index (χ1n) is 6.48. The Morgan fingerprint density at radius 1 is 1.35 bits per heavy atom. The normalized spacial score (nSPS) is 12.3. The van der Waals surface area contributed by atoms with Gasteiger partial charge in [0.05, 0.1) is 22.9 Å². The van der Waals surface area contributed by atoms with Crippen LogP contribution in [-0.4, -0.2) is 22.4 Å². The lowest BCUT2D eigenvalue weighted by atomic mass is 10.2. The van der Waals surface area contributed by atoms with Gasteiger partial charge in [-0.25, -0.2) is 9.97 Å². The largest absolute Gasteiger partial charge is 0.301 e. The Bertz CT molecular complexity index is 578. The van der Waals surface area contributed by atoms with Crippen molar-refractivity contribution in [3.8, 4) is 0 Å². The molecule has 2 aromatic heterocycles. The second-order valence-electron chi connectivity index (χ2n) is 4.46. The number of hydrogen-bond acceptors (Lipinski definition) is 6. The molecule has 2 heterocycles. The van der Waals surface area contributed by atoms with E-state index in [9.17, 15) is 4.79 Å². The second-order valence-corrected chi connectivity index (χ2v) is 6.27. The Morgan fingerprint density at radius 3 is 2.75 bits per heavy atom. The highest BCUT2D eigenvalue weighted by molar-refractivity contribution is 7.13. The standard InChI is InChI=1S/C13H18N4OS2/c1-4-12-16-10(7-19-12)9(3)14-5-11(18)17-13-15-8(2)6-20-13/h6-7,9,14H,4-5H2,1-3H3,(H,15,17,18). The van der Waals surface area contributed by atoms with Gasteiger partial charge >= 0.3 is 0 Å². The van der Waals surface area contributed by atoms with Crippen LogP contribution in [0.4, 0.5) is 5.13 Å². The molecule has 0 aromatic carbocycles. The lowest BCUT2D eigenvalue weighted by molar-refractivity contribution is -0.115. The van der Waals surface area contributed by atoms with Gasteiger partial charge in [-0.3, -0.25) is 4.79 Å². The monoisotopic (exact) mass is 310 g/mol. The van der Waals surface area contributed by atoms with Gasteiger partial charge in [-0.05, 0) is 20.3 Å². The third kappa shape index (κ3) is 4.09. The zero-order chi connectivity index (χ0) is 14.5. The lowest BCUT2D eigenvalue weighted by Gasteiger charge is -2.10. The first-order chi connectivity index (χ1) is 9.58. The number of carbonyl (C=O) groups excluding carboxylic acids is 1. The highest BCUT2D eigenvalue weighted by Gasteiger charge is 2.11. The number of nitrogens with zero attached hydrogens (tertiary/aromatic N) is 2. The topological polar surface area (TPSA) is 66.9 Å². The molecule has 2 aromatic rings. The van der Waals surface area contributed by atoms with Gasteiger partial charge in [-0.15, -0.1) is 22.7 Å². The summed E-state index contributed by atoms with van der Waals surface area (Å²) in [5.41, 5.74) is 1.91. The van der Waals surface area contributed by atoms with E-state index in [0.29, 0.717) is 5.13 Å². The maximum atomic E-state index is 11.8. The fraction of sp³-hybridized carbons (Fsp3) is 0.462. The maximum Gasteiger partial charge on any atom is 0.240 e. The van der Waals surface area contributed by atoms with E-state index < -0.39 is 0 Å². The molecular formula is C13H18N4OS2. The third-order valence-corrected chi connectivity index (χ3v) is 4.64. The summed E-state index contributed by atoms with van der Waals surface area (Å²) in [6.45, 7) is 6.25. The zero-order valence-corrected chi connectivity index (χ0v) is 13.4. The Kier molecular flexibility index (Phi) is 5.22. The maximum absolute atomic E-state index is 11.8. The predicted molar refractivity (Wildman–Crippen MR) is 83.4 cm³/mol. The fourth-order valence-corrected chi connectivity index (χ4v) is 3.15. The van der Waals surface area contributed by atoms with Gasteiger partial charge < -0.3 is 10.6 Å². The molecule has 0 saturated carbocycles. The van der Waals surface area contributed by atoms with Crippen LogP contribution >= 0.6 is 22.7 Å². The van der Waals surface area contributed by atoms with Crippen LogP contribution in [0.25, 0.3) is 0 Å². The van der Waals surface area contributed by atoms with Gasteiger partial charge in [0, 0.05) is 16.8 Å². The third-order valence-electron chi connectivity index (χ3n) is 2.75. The van der Waals surface area contributed by atoms with Gasteiger partial charge in [-0.2, -0.15) is 0 Å². The van der Waals surface area contributed by atoms with Gasteiger partial charge in [0.1, 0.15) is 0 Å². The quantitative estimate of drug-likeness (QED) is 0.861. The molecule has 0 aliphatic heterocycles. The van der Waals surface area contributed by atoms with Crippen molar-refractivity contribution in [1.82, 2.24) is 15.3 Å². The molecule has 2 rings (SSSR count). The van der Waals surface area contributed by atoms with E-state index in [4.69, 9.17) is 0 Å². The number of aromatic nitrogens is 2. The molecule has 5 nitrogen and oxygen atoms in total. The number of aryl methyl sites for hydroxylation is 2. The van der Waals surface area contributed by atoms with Gasteiger partial charge in [0.25, 0.3) is 0 Å². The minimum absolute atomic E-state index is 0.0651. The average Bonchev–Trinajstić information content (AvgIpc) is 3.05. The Labute approximate surface area is 126 Å². The van der Waals surface area contributed by atoms with Crippen LogP contribution in [0.15, 0.2) is 10.8 Å². The van der Waals surface area contributed by atoms with Crippen LogP contribution in [0.5, 0.6) is 0 Å². The minimum Gasteiger partial charge on any atom is -0.301 e. The smallest absolute Gasteiger partial charge is 0.240 e. The van der Waals surface area contributed by atoms with E-state index in [0.717, 1.165) is 22.8 Å². The molecule has 0 fully saturated rings. The summed E-state index contributed by atoms with van der Waals surface area (Å²) in [6, 6.07) is 0.0651. The fourth-order valence-electron chi connectivity index (χ4n) is 1.61. The van der Waals surface area contributed by atoms with Crippen molar-refractivity contribution in [3.05, 3.63) is 27.2 Å². The molecule has 0 saturated heterocycles. The molecule has 1 atom stereocenters. The summed E-state index contributed by atoms with van der Waals surface area (Å²) < 4.78 is 0. The van der Waals surface area contributed by atoms with Crippen LogP contribution in [-0.2, 0) is 11.2 Å². The molecule has 0 spiro atoms. The average molecular weight is 310 g/mol. The number of nitrogens with one attached hydrogen (secondary N) is 2. The van der Waals surface area contributed by atoms with Crippen LogP contribution in [0, 0.1) is 6.92 Å². The Hall–Kier alpha value is -1.31. The van der Waals surface area contributed by atoms with Crippen LogP contribution in [0.2, 0.25) is 0 Å². The SMILES string of the molecule is CCc1nc(C(C)NCC(=O)Nc2nc(C)cs2)cs1.